The Balaban J connectivity index is 0.000000170. The summed E-state index contributed by atoms with van der Waals surface area (Å²) < 4.78 is 7.45. The first kappa shape index (κ1) is 44.0. The van der Waals surface area contributed by atoms with Crippen molar-refractivity contribution in [1.29, 1.82) is 0 Å². The first-order chi connectivity index (χ1) is 30.0. The predicted molar refractivity (Wildman–Crippen MR) is 252 cm³/mol. The summed E-state index contributed by atoms with van der Waals surface area (Å²) in [5, 5.41) is 1.25. The van der Waals surface area contributed by atoms with Crippen molar-refractivity contribution in [3.63, 3.8) is 0 Å². The molecule has 6 N–H and O–H groups in total. The second-order valence-electron chi connectivity index (χ2n) is 17.0. The van der Waals surface area contributed by atoms with Gasteiger partial charge in [0.2, 0.25) is 0 Å². The number of hydrogen-bond donors (Lipinski definition) is 4. The number of likely N-dealkylation sites (tertiary alicyclic amines) is 2. The fraction of sp³-hybridized carbons (Fsp3) is 0.391. The van der Waals surface area contributed by atoms with Crippen LogP contribution in [0.1, 0.15) is 61.7 Å². The number of nitrogens with one attached hydrogen (secondary N) is 4. The van der Waals surface area contributed by atoms with E-state index < -0.39 is 0 Å². The fourth-order valence-electron chi connectivity index (χ4n) is 9.61. The third-order valence-corrected chi connectivity index (χ3v) is 13.2. The zero-order valence-corrected chi connectivity index (χ0v) is 37.1. The van der Waals surface area contributed by atoms with Gasteiger partial charge in [-0.2, -0.15) is 0 Å². The van der Waals surface area contributed by atoms with Gasteiger partial charge in [-0.05, 0) is 137 Å². The van der Waals surface area contributed by atoms with E-state index in [0.717, 1.165) is 133 Å². The highest BCUT2D eigenvalue weighted by Gasteiger charge is 2.25. The first-order valence-electron chi connectivity index (χ1n) is 21.6. The smallest absolute Gasteiger partial charge is 0.326 e. The molecule has 63 heavy (non-hydrogen) atoms. The van der Waals surface area contributed by atoms with Crippen molar-refractivity contribution in [2.24, 2.45) is 0 Å². The molecule has 6 heterocycles. The summed E-state index contributed by atoms with van der Waals surface area (Å²) in [5.41, 5.74) is 9.23. The Bertz CT molecular complexity index is 2920. The molecule has 0 bridgehead atoms. The number of nitrogens with zero attached hydrogens (tertiary/aromatic N) is 6. The van der Waals surface area contributed by atoms with E-state index in [4.69, 9.17) is 23.2 Å². The summed E-state index contributed by atoms with van der Waals surface area (Å²) in [6, 6.07) is 23.6. The summed E-state index contributed by atoms with van der Waals surface area (Å²) in [7, 11) is 0. The number of piperidine rings is 2. The number of hydrogen-bond acceptors (Lipinski definition) is 6. The van der Waals surface area contributed by atoms with Gasteiger partial charge in [-0.1, -0.05) is 35.3 Å². The maximum absolute atomic E-state index is 12.5. The number of imidazole rings is 4. The molecule has 0 amide bonds. The number of benzene rings is 4. The normalized spacial score (nSPS) is 15.7. The largest absolute Gasteiger partial charge is 0.412 e. The summed E-state index contributed by atoms with van der Waals surface area (Å²) in [6.45, 7) is 11.1. The van der Waals surface area contributed by atoms with Gasteiger partial charge in [0.1, 0.15) is 0 Å². The number of H-pyrrole nitrogens is 4. The predicted octanol–water partition coefficient (Wildman–Crippen LogP) is 6.50. The number of rotatable bonds is 10. The van der Waals surface area contributed by atoms with Crippen LogP contribution in [-0.4, -0.2) is 92.7 Å². The molecular weight excluding hydrogens is 843 g/mol. The molecule has 0 saturated carbocycles. The molecule has 0 atom stereocenters. The number of fused-ring (bicyclic) bond motifs is 4. The van der Waals surface area contributed by atoms with E-state index in [9.17, 15) is 19.2 Å². The van der Waals surface area contributed by atoms with Crippen molar-refractivity contribution in [2.75, 3.05) is 39.3 Å². The highest BCUT2D eigenvalue weighted by Crippen LogP contribution is 2.28. The van der Waals surface area contributed by atoms with Gasteiger partial charge in [0.05, 0.1) is 44.1 Å². The molecule has 332 valence electrons. The topological polar surface area (TPSA) is 189 Å². The van der Waals surface area contributed by atoms with Crippen LogP contribution in [-0.2, 0) is 13.1 Å². The Morgan fingerprint density at radius 3 is 1.25 bits per heavy atom. The van der Waals surface area contributed by atoms with Crippen molar-refractivity contribution in [3.8, 4) is 0 Å². The van der Waals surface area contributed by atoms with Crippen LogP contribution in [0.5, 0.6) is 0 Å². The standard InChI is InChI=1S/2C23H26ClN5O2.H2O/c2*1-15-3-5-18-21(13-15)28(22(30)25-18)10-2-9-27-11-7-17(8-12-27)29-20-6-4-16(24)14-19(20)26-23(29)31;/h2*3-6,13-14,17H,2,7-12H2,1H3,(H,25,30)(H,26,31);1H2. The lowest BCUT2D eigenvalue weighted by molar-refractivity contribution is 0.183. The minimum Gasteiger partial charge on any atom is -0.412 e. The van der Waals surface area contributed by atoms with Crippen LogP contribution in [0.2, 0.25) is 10.0 Å². The van der Waals surface area contributed by atoms with E-state index in [0.29, 0.717) is 23.1 Å². The van der Waals surface area contributed by atoms with E-state index in [-0.39, 0.29) is 40.3 Å². The number of aromatic nitrogens is 8. The molecule has 2 aliphatic heterocycles. The second-order valence-corrected chi connectivity index (χ2v) is 17.9. The monoisotopic (exact) mass is 896 g/mol. The van der Waals surface area contributed by atoms with Gasteiger partial charge in [-0.15, -0.1) is 0 Å². The molecule has 4 aromatic carbocycles. The fourth-order valence-corrected chi connectivity index (χ4v) is 9.95. The quantitative estimate of drug-likeness (QED) is 0.121. The van der Waals surface area contributed by atoms with Gasteiger partial charge in [-0.25, -0.2) is 19.2 Å². The van der Waals surface area contributed by atoms with Crippen molar-refractivity contribution < 1.29 is 5.48 Å². The highest BCUT2D eigenvalue weighted by molar-refractivity contribution is 6.31. The minimum absolute atomic E-state index is 0. The van der Waals surface area contributed by atoms with Crippen molar-refractivity contribution >= 4 is 67.3 Å². The summed E-state index contributed by atoms with van der Waals surface area (Å²) in [6.07, 6.45) is 5.56. The van der Waals surface area contributed by atoms with Crippen molar-refractivity contribution in [1.82, 2.24) is 48.0 Å². The lowest BCUT2D eigenvalue weighted by Crippen LogP contribution is -2.37. The minimum atomic E-state index is -0.0651. The second kappa shape index (κ2) is 18.6. The summed E-state index contributed by atoms with van der Waals surface area (Å²) in [5.74, 6) is 0. The van der Waals surface area contributed by atoms with Crippen LogP contribution >= 0.6 is 23.2 Å². The highest BCUT2D eigenvalue weighted by atomic mass is 35.5. The van der Waals surface area contributed by atoms with Gasteiger partial charge in [-0.3, -0.25) is 18.3 Å². The molecule has 0 aliphatic carbocycles. The average Bonchev–Trinajstić information content (AvgIpc) is 3.96. The van der Waals surface area contributed by atoms with E-state index in [2.05, 4.69) is 41.9 Å². The lowest BCUT2D eigenvalue weighted by atomic mass is 10.0. The molecule has 2 saturated heterocycles. The molecule has 10 rings (SSSR count). The molecule has 8 aromatic rings. The van der Waals surface area contributed by atoms with Gasteiger partial charge >= 0.3 is 22.8 Å². The van der Waals surface area contributed by atoms with E-state index >= 15 is 0 Å². The van der Waals surface area contributed by atoms with Gasteiger partial charge in [0, 0.05) is 61.4 Å². The Morgan fingerprint density at radius 2 is 0.857 bits per heavy atom. The molecule has 2 fully saturated rings. The van der Waals surface area contributed by atoms with Crippen molar-refractivity contribution in [2.45, 2.75) is 77.5 Å². The van der Waals surface area contributed by atoms with E-state index in [1.54, 1.807) is 12.1 Å². The van der Waals surface area contributed by atoms with Gasteiger partial charge in [0.25, 0.3) is 0 Å². The Hall–Kier alpha value is -5.58. The van der Waals surface area contributed by atoms with Crippen LogP contribution in [0.25, 0.3) is 44.1 Å². The lowest BCUT2D eigenvalue weighted by Gasteiger charge is -2.32. The maximum atomic E-state index is 12.5. The first-order valence-corrected chi connectivity index (χ1v) is 22.4. The van der Waals surface area contributed by atoms with Gasteiger partial charge in [0.15, 0.2) is 0 Å². The third kappa shape index (κ3) is 9.25. The molecule has 0 spiro atoms. The molecular formula is C46H54Cl2N10O5. The molecule has 4 aromatic heterocycles. The number of aryl methyl sites for hydroxylation is 4. The van der Waals surface area contributed by atoms with E-state index in [1.807, 2.05) is 80.6 Å². The Kier molecular flexibility index (Phi) is 13.0. The molecule has 0 radical (unpaired) electrons. The Morgan fingerprint density at radius 1 is 0.476 bits per heavy atom. The van der Waals surface area contributed by atoms with Crippen LogP contribution in [0.3, 0.4) is 0 Å². The number of halogens is 2. The summed E-state index contributed by atoms with van der Waals surface area (Å²) >= 11 is 12.1. The van der Waals surface area contributed by atoms with Crippen LogP contribution in [0, 0.1) is 13.8 Å². The molecule has 2 aliphatic rings. The SMILES string of the molecule is Cc1ccc2[nH]c(=O)n(CCCN3CCC(n4c(=O)[nH]c5cc(Cl)ccc54)CC3)c2c1.Cc1ccc2[nH]c(=O)n(CCCN3CCC(n4c(=O)[nH]c5cc(Cl)ccc54)CC3)c2c1.O. The van der Waals surface area contributed by atoms with Crippen molar-refractivity contribution in [3.05, 3.63) is 136 Å². The van der Waals surface area contributed by atoms with Gasteiger partial charge < -0.3 is 35.2 Å². The molecule has 15 nitrogen and oxygen atoms in total. The van der Waals surface area contributed by atoms with Crippen LogP contribution in [0.4, 0.5) is 0 Å². The Labute approximate surface area is 372 Å². The molecule has 0 unspecified atom stereocenters. The molecule has 17 heteroatoms. The van der Waals surface area contributed by atoms with Crippen LogP contribution < -0.4 is 22.8 Å². The maximum Gasteiger partial charge on any atom is 0.326 e. The zero-order valence-electron chi connectivity index (χ0n) is 35.6. The average molecular weight is 898 g/mol. The van der Waals surface area contributed by atoms with E-state index in [1.165, 1.54) is 0 Å². The van der Waals surface area contributed by atoms with Crippen LogP contribution in [0.15, 0.2) is 92.0 Å². The zero-order chi connectivity index (χ0) is 43.1. The third-order valence-electron chi connectivity index (χ3n) is 12.8. The summed E-state index contributed by atoms with van der Waals surface area (Å²) in [4.78, 5) is 66.2. The number of aromatic amines is 4.